The summed E-state index contributed by atoms with van der Waals surface area (Å²) in [6.07, 6.45) is 0. The molecule has 3 amide bonds. The van der Waals surface area contributed by atoms with Crippen LogP contribution < -0.4 is 5.32 Å². The van der Waals surface area contributed by atoms with Crippen molar-refractivity contribution in [1.29, 1.82) is 0 Å². The largest absolute Gasteiger partial charge is 0.324 e. The van der Waals surface area contributed by atoms with Crippen LogP contribution in [0.15, 0.2) is 0 Å². The van der Waals surface area contributed by atoms with Crippen LogP contribution in [0.25, 0.3) is 0 Å². The van der Waals surface area contributed by atoms with Crippen molar-refractivity contribution in [2.24, 2.45) is 5.92 Å². The van der Waals surface area contributed by atoms with Gasteiger partial charge in [0.05, 0.1) is 0 Å². The van der Waals surface area contributed by atoms with Gasteiger partial charge in [-0.1, -0.05) is 29.8 Å². The minimum absolute atomic E-state index is 0.245. The van der Waals surface area contributed by atoms with Gasteiger partial charge in [0.2, 0.25) is 5.91 Å². The number of carbonyl (C=O) groups excluding carboxylic acids is 2. The first-order valence-electron chi connectivity index (χ1n) is 4.24. The fourth-order valence-corrected chi connectivity index (χ4v) is 1.68. The van der Waals surface area contributed by atoms with Gasteiger partial charge < -0.3 is 4.90 Å². The van der Waals surface area contributed by atoms with Crippen LogP contribution in [0.2, 0.25) is 0 Å². The SMILES string of the molecule is CC(C)CN1C[C@H](Br)C(=O)NC1=O. The first-order chi connectivity index (χ1) is 6.00. The Hall–Kier alpha value is -0.580. The van der Waals surface area contributed by atoms with Gasteiger partial charge in [0.1, 0.15) is 4.83 Å². The molecule has 0 aliphatic carbocycles. The minimum Gasteiger partial charge on any atom is -0.323 e. The lowest BCUT2D eigenvalue weighted by Gasteiger charge is -2.30. The molecule has 74 valence electrons. The van der Waals surface area contributed by atoms with Crippen molar-refractivity contribution in [3.05, 3.63) is 0 Å². The second-order valence-corrected chi connectivity index (χ2v) is 4.67. The van der Waals surface area contributed by atoms with Crippen LogP contribution in [0, 0.1) is 5.92 Å². The number of hydrogen-bond donors (Lipinski definition) is 1. The quantitative estimate of drug-likeness (QED) is 0.741. The first kappa shape index (κ1) is 10.5. The van der Waals surface area contributed by atoms with Crippen LogP contribution in [0.1, 0.15) is 13.8 Å². The van der Waals surface area contributed by atoms with Crippen molar-refractivity contribution in [3.8, 4) is 0 Å². The molecule has 1 N–H and O–H groups in total. The van der Waals surface area contributed by atoms with E-state index in [1.807, 2.05) is 13.8 Å². The van der Waals surface area contributed by atoms with Crippen LogP contribution in [-0.2, 0) is 4.79 Å². The summed E-state index contributed by atoms with van der Waals surface area (Å²) in [4.78, 5) is 23.7. The second kappa shape index (κ2) is 4.09. The number of amides is 3. The highest BCUT2D eigenvalue weighted by molar-refractivity contribution is 9.10. The summed E-state index contributed by atoms with van der Waals surface area (Å²) in [5, 5.41) is 2.29. The van der Waals surface area contributed by atoms with Crippen molar-refractivity contribution in [3.63, 3.8) is 0 Å². The summed E-state index contributed by atoms with van der Waals surface area (Å²) in [7, 11) is 0. The maximum absolute atomic E-state index is 11.3. The van der Waals surface area contributed by atoms with Crippen LogP contribution in [-0.4, -0.2) is 34.8 Å². The highest BCUT2D eigenvalue weighted by atomic mass is 79.9. The average molecular weight is 249 g/mol. The summed E-state index contributed by atoms with van der Waals surface area (Å²) in [6, 6.07) is -0.283. The molecule has 0 spiro atoms. The molecular weight excluding hydrogens is 236 g/mol. The number of urea groups is 1. The van der Waals surface area contributed by atoms with Crippen LogP contribution in [0.4, 0.5) is 4.79 Å². The van der Waals surface area contributed by atoms with Gasteiger partial charge in [-0.15, -0.1) is 0 Å². The van der Waals surface area contributed by atoms with Gasteiger partial charge in [-0.25, -0.2) is 4.79 Å². The van der Waals surface area contributed by atoms with E-state index in [4.69, 9.17) is 0 Å². The van der Waals surface area contributed by atoms with E-state index in [9.17, 15) is 9.59 Å². The van der Waals surface area contributed by atoms with Crippen LogP contribution in [0.3, 0.4) is 0 Å². The Labute approximate surface area is 85.8 Å². The fraction of sp³-hybridized carbons (Fsp3) is 0.750. The lowest BCUT2D eigenvalue weighted by Crippen LogP contribution is -2.55. The number of halogens is 1. The van der Waals surface area contributed by atoms with Gasteiger partial charge in [-0.2, -0.15) is 0 Å². The average Bonchev–Trinajstić information content (AvgIpc) is 1.99. The monoisotopic (exact) mass is 248 g/mol. The topological polar surface area (TPSA) is 49.4 Å². The van der Waals surface area contributed by atoms with Crippen molar-refractivity contribution in [2.75, 3.05) is 13.1 Å². The number of nitrogens with one attached hydrogen (secondary N) is 1. The Morgan fingerprint density at radius 3 is 2.77 bits per heavy atom. The predicted molar refractivity (Wildman–Crippen MR) is 52.7 cm³/mol. The summed E-state index contributed by atoms with van der Waals surface area (Å²) in [6.45, 7) is 5.21. The van der Waals surface area contributed by atoms with E-state index in [0.717, 1.165) is 0 Å². The van der Waals surface area contributed by atoms with Gasteiger partial charge in [0, 0.05) is 13.1 Å². The highest BCUT2D eigenvalue weighted by Gasteiger charge is 2.30. The zero-order chi connectivity index (χ0) is 10.0. The molecule has 1 saturated heterocycles. The van der Waals surface area contributed by atoms with Gasteiger partial charge in [-0.05, 0) is 5.92 Å². The third-order valence-corrected chi connectivity index (χ3v) is 2.47. The molecule has 1 rings (SSSR count). The molecule has 13 heavy (non-hydrogen) atoms. The first-order valence-corrected chi connectivity index (χ1v) is 5.16. The third-order valence-electron chi connectivity index (χ3n) is 1.77. The zero-order valence-electron chi connectivity index (χ0n) is 7.71. The standard InChI is InChI=1S/C8H13BrN2O2/c1-5(2)3-11-4-6(9)7(12)10-8(11)13/h5-6H,3-4H2,1-2H3,(H,10,12,13)/t6-/m0/s1. The Balaban J connectivity index is 2.56. The van der Waals surface area contributed by atoms with Crippen LogP contribution >= 0.6 is 15.9 Å². The van der Waals surface area contributed by atoms with Crippen molar-refractivity contribution >= 4 is 27.9 Å². The molecule has 1 atom stereocenters. The second-order valence-electron chi connectivity index (χ2n) is 3.56. The summed E-state index contributed by atoms with van der Waals surface area (Å²) >= 11 is 3.21. The molecule has 0 unspecified atom stereocenters. The van der Waals surface area contributed by atoms with Crippen molar-refractivity contribution in [1.82, 2.24) is 10.2 Å². The molecule has 0 bridgehead atoms. The minimum atomic E-state index is -0.283. The Bertz CT molecular complexity index is 230. The number of hydrogen-bond acceptors (Lipinski definition) is 2. The molecule has 4 nitrogen and oxygen atoms in total. The van der Waals surface area contributed by atoms with E-state index in [1.165, 1.54) is 0 Å². The summed E-state index contributed by atoms with van der Waals surface area (Å²) in [5.41, 5.74) is 0. The van der Waals surface area contributed by atoms with Crippen molar-refractivity contribution < 1.29 is 9.59 Å². The molecule has 0 aromatic heterocycles. The van der Waals surface area contributed by atoms with E-state index in [1.54, 1.807) is 4.90 Å². The maximum Gasteiger partial charge on any atom is 0.324 e. The number of alkyl halides is 1. The Morgan fingerprint density at radius 2 is 2.23 bits per heavy atom. The molecule has 0 aromatic rings. The van der Waals surface area contributed by atoms with E-state index in [-0.39, 0.29) is 16.8 Å². The van der Waals surface area contributed by atoms with Crippen LogP contribution in [0.5, 0.6) is 0 Å². The van der Waals surface area contributed by atoms with Gasteiger partial charge in [0.25, 0.3) is 0 Å². The fourth-order valence-electron chi connectivity index (χ4n) is 1.22. The number of imide groups is 1. The molecule has 5 heteroatoms. The molecule has 1 aliphatic heterocycles. The Kier molecular flexibility index (Phi) is 3.30. The molecule has 1 fully saturated rings. The molecule has 0 radical (unpaired) electrons. The molecule has 1 aliphatic rings. The molecule has 1 heterocycles. The van der Waals surface area contributed by atoms with Gasteiger partial charge in [0.15, 0.2) is 0 Å². The number of carbonyl (C=O) groups is 2. The van der Waals surface area contributed by atoms with E-state index < -0.39 is 0 Å². The zero-order valence-corrected chi connectivity index (χ0v) is 9.30. The third kappa shape index (κ3) is 2.69. The normalized spacial score (nSPS) is 23.7. The number of nitrogens with zero attached hydrogens (tertiary/aromatic N) is 1. The highest BCUT2D eigenvalue weighted by Crippen LogP contribution is 2.10. The lowest BCUT2D eigenvalue weighted by molar-refractivity contribution is -0.120. The van der Waals surface area contributed by atoms with E-state index in [2.05, 4.69) is 21.2 Å². The Morgan fingerprint density at radius 1 is 1.62 bits per heavy atom. The summed E-state index contributed by atoms with van der Waals surface area (Å²) in [5.74, 6) is 0.170. The predicted octanol–water partition coefficient (Wildman–Crippen LogP) is 0.958. The lowest BCUT2D eigenvalue weighted by atomic mass is 10.2. The molecular formula is C8H13BrN2O2. The number of rotatable bonds is 2. The summed E-state index contributed by atoms with van der Waals surface area (Å²) < 4.78 is 0. The van der Waals surface area contributed by atoms with E-state index >= 15 is 0 Å². The van der Waals surface area contributed by atoms with E-state index in [0.29, 0.717) is 19.0 Å². The van der Waals surface area contributed by atoms with Gasteiger partial charge in [-0.3, -0.25) is 10.1 Å². The maximum atomic E-state index is 11.3. The molecule has 0 saturated carbocycles. The van der Waals surface area contributed by atoms with Gasteiger partial charge >= 0.3 is 6.03 Å². The smallest absolute Gasteiger partial charge is 0.323 e. The van der Waals surface area contributed by atoms with Crippen molar-refractivity contribution in [2.45, 2.75) is 18.7 Å². The molecule has 0 aromatic carbocycles.